The van der Waals surface area contributed by atoms with Crippen LogP contribution in [0.1, 0.15) is 46.0 Å². The monoisotopic (exact) mass is 270 g/mol. The standard InChI is InChI=1S/C11H20F2O3S/c1-4-5-6-7-8-10(2)9-11(12,13)16-17(3,14)15/h9H,4-8H2,1-3H3/b10-9+. The van der Waals surface area contributed by atoms with Gasteiger partial charge >= 0.3 is 6.11 Å². The smallest absolute Gasteiger partial charge is 0.200 e. The average Bonchev–Trinajstić information content (AvgIpc) is 2.07. The predicted molar refractivity (Wildman–Crippen MR) is 63.4 cm³/mol. The first-order chi connectivity index (χ1) is 7.66. The van der Waals surface area contributed by atoms with E-state index in [4.69, 9.17) is 0 Å². The van der Waals surface area contributed by atoms with Gasteiger partial charge in [-0.25, -0.2) is 0 Å². The molecule has 17 heavy (non-hydrogen) atoms. The van der Waals surface area contributed by atoms with Crippen LogP contribution in [0.15, 0.2) is 11.6 Å². The van der Waals surface area contributed by atoms with E-state index in [1.54, 1.807) is 6.92 Å². The van der Waals surface area contributed by atoms with Crippen LogP contribution in [0.25, 0.3) is 0 Å². The number of rotatable bonds is 8. The van der Waals surface area contributed by atoms with Crippen LogP contribution in [-0.2, 0) is 14.3 Å². The first-order valence-corrected chi connectivity index (χ1v) is 7.44. The molecule has 0 saturated heterocycles. The van der Waals surface area contributed by atoms with Gasteiger partial charge in [-0.2, -0.15) is 21.4 Å². The molecule has 0 aliphatic rings. The fourth-order valence-electron chi connectivity index (χ4n) is 1.42. The van der Waals surface area contributed by atoms with Gasteiger partial charge in [-0.1, -0.05) is 31.8 Å². The van der Waals surface area contributed by atoms with Gasteiger partial charge in [-0.05, 0) is 19.8 Å². The Kier molecular flexibility index (Phi) is 6.85. The Labute approximate surface area is 102 Å². The van der Waals surface area contributed by atoms with Crippen molar-refractivity contribution < 1.29 is 21.4 Å². The Morgan fingerprint density at radius 2 is 1.88 bits per heavy atom. The molecular formula is C11H20F2O3S. The van der Waals surface area contributed by atoms with Crippen LogP contribution in [0.4, 0.5) is 8.78 Å². The summed E-state index contributed by atoms with van der Waals surface area (Å²) >= 11 is 0. The fourth-order valence-corrected chi connectivity index (χ4v) is 1.87. The van der Waals surface area contributed by atoms with Gasteiger partial charge in [0.15, 0.2) is 0 Å². The van der Waals surface area contributed by atoms with Gasteiger partial charge in [0.25, 0.3) is 10.1 Å². The highest BCUT2D eigenvalue weighted by atomic mass is 32.2. The zero-order chi connectivity index (χ0) is 13.5. The summed E-state index contributed by atoms with van der Waals surface area (Å²) < 4.78 is 51.0. The highest BCUT2D eigenvalue weighted by Gasteiger charge is 2.32. The molecule has 0 radical (unpaired) electrons. The van der Waals surface area contributed by atoms with E-state index >= 15 is 0 Å². The maximum atomic E-state index is 13.1. The third kappa shape index (κ3) is 10.4. The van der Waals surface area contributed by atoms with Crippen molar-refractivity contribution in [1.29, 1.82) is 0 Å². The minimum atomic E-state index is -4.15. The highest BCUT2D eigenvalue weighted by Crippen LogP contribution is 2.23. The SMILES string of the molecule is CCCCCC/C(C)=C/C(F)(F)OS(C)(=O)=O. The minimum absolute atomic E-state index is 0.440. The van der Waals surface area contributed by atoms with E-state index in [1.165, 1.54) is 0 Å². The molecule has 0 aromatic rings. The van der Waals surface area contributed by atoms with Crippen LogP contribution in [-0.4, -0.2) is 20.8 Å². The molecule has 0 rings (SSSR count). The molecule has 0 unspecified atom stereocenters. The minimum Gasteiger partial charge on any atom is -0.200 e. The van der Waals surface area contributed by atoms with Crippen LogP contribution in [0, 0.1) is 0 Å². The largest absolute Gasteiger partial charge is 0.390 e. The Morgan fingerprint density at radius 1 is 1.29 bits per heavy atom. The molecule has 6 heteroatoms. The lowest BCUT2D eigenvalue weighted by atomic mass is 10.1. The van der Waals surface area contributed by atoms with E-state index < -0.39 is 16.2 Å². The van der Waals surface area contributed by atoms with E-state index in [2.05, 4.69) is 11.1 Å². The molecule has 0 aliphatic heterocycles. The van der Waals surface area contributed by atoms with Gasteiger partial charge < -0.3 is 0 Å². The molecule has 0 aromatic heterocycles. The summed E-state index contributed by atoms with van der Waals surface area (Å²) in [5.74, 6) is 0. The summed E-state index contributed by atoms with van der Waals surface area (Å²) in [5.41, 5.74) is 0.440. The Hall–Kier alpha value is -0.490. The summed E-state index contributed by atoms with van der Waals surface area (Å²) in [4.78, 5) is 0. The van der Waals surface area contributed by atoms with Gasteiger partial charge in [-0.3, -0.25) is 0 Å². The summed E-state index contributed by atoms with van der Waals surface area (Å²) in [5, 5.41) is 0. The molecular weight excluding hydrogens is 250 g/mol. The normalized spacial score (nSPS) is 14.1. The van der Waals surface area contributed by atoms with Gasteiger partial charge in [0.2, 0.25) is 0 Å². The summed E-state index contributed by atoms with van der Waals surface area (Å²) in [6.07, 6.45) is 1.92. The van der Waals surface area contributed by atoms with E-state index in [9.17, 15) is 17.2 Å². The van der Waals surface area contributed by atoms with Crippen molar-refractivity contribution in [1.82, 2.24) is 0 Å². The number of hydrogen-bond donors (Lipinski definition) is 0. The third-order valence-corrected chi connectivity index (χ3v) is 2.63. The van der Waals surface area contributed by atoms with E-state index in [1.807, 2.05) is 0 Å². The lowest BCUT2D eigenvalue weighted by Crippen LogP contribution is -2.22. The molecule has 102 valence electrons. The number of alkyl halides is 2. The topological polar surface area (TPSA) is 43.4 Å². The zero-order valence-corrected chi connectivity index (χ0v) is 11.3. The highest BCUT2D eigenvalue weighted by molar-refractivity contribution is 7.86. The molecule has 0 aromatic carbocycles. The van der Waals surface area contributed by atoms with Crippen molar-refractivity contribution in [2.45, 2.75) is 52.1 Å². The van der Waals surface area contributed by atoms with Gasteiger partial charge in [0, 0.05) is 6.08 Å². The maximum absolute atomic E-state index is 13.1. The van der Waals surface area contributed by atoms with Gasteiger partial charge in [-0.15, -0.1) is 0 Å². The molecule has 0 fully saturated rings. The lowest BCUT2D eigenvalue weighted by molar-refractivity contribution is -0.127. The molecule has 3 nitrogen and oxygen atoms in total. The molecule has 0 aliphatic carbocycles. The van der Waals surface area contributed by atoms with Gasteiger partial charge in [0.05, 0.1) is 6.26 Å². The first kappa shape index (κ1) is 16.5. The van der Waals surface area contributed by atoms with Crippen LogP contribution in [0.5, 0.6) is 0 Å². The van der Waals surface area contributed by atoms with Crippen LogP contribution in [0.3, 0.4) is 0 Å². The average molecular weight is 270 g/mol. The number of hydrogen-bond acceptors (Lipinski definition) is 3. The zero-order valence-electron chi connectivity index (χ0n) is 10.5. The molecule has 0 atom stereocenters. The van der Waals surface area contributed by atoms with Crippen LogP contribution < -0.4 is 0 Å². The van der Waals surface area contributed by atoms with E-state index in [0.717, 1.165) is 25.7 Å². The Morgan fingerprint density at radius 3 is 2.35 bits per heavy atom. The lowest BCUT2D eigenvalue weighted by Gasteiger charge is -2.12. The van der Waals surface area contributed by atoms with Gasteiger partial charge in [0.1, 0.15) is 0 Å². The summed E-state index contributed by atoms with van der Waals surface area (Å²) in [6, 6.07) is 0. The Bertz CT molecular complexity index is 348. The van der Waals surface area contributed by atoms with Crippen molar-refractivity contribution in [3.05, 3.63) is 11.6 Å². The van der Waals surface area contributed by atoms with Crippen molar-refractivity contribution in [3.63, 3.8) is 0 Å². The second-order valence-corrected chi connectivity index (χ2v) is 5.73. The third-order valence-electron chi connectivity index (χ3n) is 2.10. The molecule has 0 N–H and O–H groups in total. The van der Waals surface area contributed by atoms with E-state index in [-0.39, 0.29) is 0 Å². The maximum Gasteiger partial charge on any atom is 0.390 e. The second-order valence-electron chi connectivity index (χ2n) is 4.15. The van der Waals surface area contributed by atoms with E-state index in [0.29, 0.717) is 24.3 Å². The molecule has 0 saturated carbocycles. The van der Waals surface area contributed by atoms with Crippen molar-refractivity contribution in [3.8, 4) is 0 Å². The van der Waals surface area contributed by atoms with Crippen molar-refractivity contribution in [2.24, 2.45) is 0 Å². The quantitative estimate of drug-likeness (QED) is 0.385. The predicted octanol–water partition coefficient (Wildman–Crippen LogP) is 3.47. The fraction of sp³-hybridized carbons (Fsp3) is 0.818. The molecule has 0 spiro atoms. The molecule has 0 amide bonds. The van der Waals surface area contributed by atoms with Crippen molar-refractivity contribution >= 4 is 10.1 Å². The molecule has 0 bridgehead atoms. The molecule has 0 heterocycles. The van der Waals surface area contributed by atoms with Crippen LogP contribution >= 0.6 is 0 Å². The Balaban J connectivity index is 4.25. The second kappa shape index (κ2) is 7.06. The van der Waals surface area contributed by atoms with Crippen molar-refractivity contribution in [2.75, 3.05) is 6.26 Å². The first-order valence-electron chi connectivity index (χ1n) is 5.63. The number of halogens is 2. The van der Waals surface area contributed by atoms with Crippen LogP contribution in [0.2, 0.25) is 0 Å². The summed E-state index contributed by atoms with van der Waals surface area (Å²) in [6.45, 7) is 3.61. The number of allylic oxidation sites excluding steroid dienone is 1. The number of unbranched alkanes of at least 4 members (excludes halogenated alkanes) is 3. The summed E-state index contributed by atoms with van der Waals surface area (Å²) in [7, 11) is -4.15.